The van der Waals surface area contributed by atoms with Crippen molar-refractivity contribution in [1.29, 1.82) is 0 Å². The van der Waals surface area contributed by atoms with Crippen molar-refractivity contribution in [3.8, 4) is 11.5 Å². The SMILES string of the molecule is COc1cc(CC(=O)O[C@@H]2[C@@H](C)[C@@]3(O)[C@@H](C=C(CO)C[C@]4(O)C(=O)C(C)=C[C@@H]34)[C@@H]3C(C)(C)[C@]23O)cc(OC)c1. The Bertz CT molecular complexity index is 1260. The van der Waals surface area contributed by atoms with Gasteiger partial charge in [-0.1, -0.05) is 32.9 Å². The van der Waals surface area contributed by atoms with Gasteiger partial charge in [0.05, 0.1) is 32.8 Å². The average molecular weight is 543 g/mol. The lowest BCUT2D eigenvalue weighted by Gasteiger charge is -2.52. The number of hydrogen-bond acceptors (Lipinski definition) is 9. The van der Waals surface area contributed by atoms with Crippen LogP contribution in [0.3, 0.4) is 0 Å². The lowest BCUT2D eigenvalue weighted by molar-refractivity contribution is -0.220. The Labute approximate surface area is 228 Å². The van der Waals surface area contributed by atoms with Gasteiger partial charge < -0.3 is 34.6 Å². The maximum atomic E-state index is 13.3. The molecule has 0 aromatic heterocycles. The van der Waals surface area contributed by atoms with E-state index in [9.17, 15) is 30.0 Å². The Morgan fingerprint density at radius 2 is 1.67 bits per heavy atom. The summed E-state index contributed by atoms with van der Waals surface area (Å²) in [6.45, 7) is 6.60. The molecular formula is C30H38O9. The van der Waals surface area contributed by atoms with Crippen molar-refractivity contribution in [3.63, 3.8) is 0 Å². The monoisotopic (exact) mass is 542 g/mol. The Balaban J connectivity index is 1.54. The minimum Gasteiger partial charge on any atom is -0.497 e. The van der Waals surface area contributed by atoms with Gasteiger partial charge >= 0.3 is 5.97 Å². The van der Waals surface area contributed by atoms with Crippen molar-refractivity contribution in [2.24, 2.45) is 29.1 Å². The zero-order valence-corrected chi connectivity index (χ0v) is 23.2. The van der Waals surface area contributed by atoms with Crippen LogP contribution in [-0.4, -0.2) is 75.9 Å². The summed E-state index contributed by atoms with van der Waals surface area (Å²) in [4.78, 5) is 26.5. The first kappa shape index (κ1) is 27.8. The van der Waals surface area contributed by atoms with Crippen LogP contribution in [0.2, 0.25) is 0 Å². The number of methoxy groups -OCH3 is 2. The first-order chi connectivity index (χ1) is 18.2. The van der Waals surface area contributed by atoms with Gasteiger partial charge in [0.2, 0.25) is 0 Å². The van der Waals surface area contributed by atoms with E-state index in [0.29, 0.717) is 28.2 Å². The summed E-state index contributed by atoms with van der Waals surface area (Å²) < 4.78 is 16.6. The molecule has 39 heavy (non-hydrogen) atoms. The number of Topliss-reactive ketones (excluding diaryl/α,β-unsaturated/α-hetero) is 1. The second kappa shape index (κ2) is 8.89. The molecule has 0 spiro atoms. The minimum atomic E-state index is -1.95. The highest BCUT2D eigenvalue weighted by atomic mass is 16.6. The lowest BCUT2D eigenvalue weighted by atomic mass is 9.59. The van der Waals surface area contributed by atoms with Gasteiger partial charge in [-0.3, -0.25) is 9.59 Å². The van der Waals surface area contributed by atoms with E-state index in [1.165, 1.54) is 14.2 Å². The summed E-state index contributed by atoms with van der Waals surface area (Å²) >= 11 is 0. The summed E-state index contributed by atoms with van der Waals surface area (Å²) in [6, 6.07) is 5.08. The number of carbonyl (C=O) groups is 2. The molecule has 1 aromatic carbocycles. The predicted octanol–water partition coefficient (Wildman–Crippen LogP) is 1.74. The van der Waals surface area contributed by atoms with Crippen molar-refractivity contribution in [3.05, 3.63) is 47.1 Å². The highest BCUT2D eigenvalue weighted by Gasteiger charge is 2.85. The van der Waals surface area contributed by atoms with E-state index in [1.807, 2.05) is 13.8 Å². The fourth-order valence-electron chi connectivity index (χ4n) is 7.93. The van der Waals surface area contributed by atoms with E-state index >= 15 is 0 Å². The zero-order valence-electron chi connectivity index (χ0n) is 23.2. The second-order valence-corrected chi connectivity index (χ2v) is 12.3. The number of esters is 1. The van der Waals surface area contributed by atoms with Crippen molar-refractivity contribution in [1.82, 2.24) is 0 Å². The van der Waals surface area contributed by atoms with Gasteiger partial charge in [0, 0.05) is 41.6 Å². The van der Waals surface area contributed by atoms with Gasteiger partial charge in [-0.25, -0.2) is 0 Å². The molecule has 4 aliphatic rings. The smallest absolute Gasteiger partial charge is 0.310 e. The fraction of sp³-hybridized carbons (Fsp3) is 0.600. The van der Waals surface area contributed by atoms with Gasteiger partial charge in [-0.2, -0.15) is 0 Å². The van der Waals surface area contributed by atoms with Gasteiger partial charge in [0.15, 0.2) is 5.78 Å². The Morgan fingerprint density at radius 3 is 2.23 bits per heavy atom. The van der Waals surface area contributed by atoms with Crippen LogP contribution in [0.1, 0.15) is 39.7 Å². The van der Waals surface area contributed by atoms with E-state index in [2.05, 4.69) is 0 Å². The fourth-order valence-corrected chi connectivity index (χ4v) is 7.93. The zero-order chi connectivity index (χ0) is 28.7. The highest BCUT2D eigenvalue weighted by Crippen LogP contribution is 2.75. The summed E-state index contributed by atoms with van der Waals surface area (Å²) in [5.41, 5.74) is -4.57. The highest BCUT2D eigenvalue weighted by molar-refractivity contribution is 6.04. The molecule has 212 valence electrons. The van der Waals surface area contributed by atoms with Crippen molar-refractivity contribution in [2.45, 2.75) is 63.4 Å². The van der Waals surface area contributed by atoms with Crippen LogP contribution in [0.25, 0.3) is 0 Å². The molecule has 2 fully saturated rings. The number of hydrogen-bond donors (Lipinski definition) is 4. The molecule has 9 heteroatoms. The van der Waals surface area contributed by atoms with Gasteiger partial charge in [0.25, 0.3) is 0 Å². The minimum absolute atomic E-state index is 0.125. The van der Waals surface area contributed by atoms with Crippen LogP contribution in [0, 0.1) is 29.1 Å². The van der Waals surface area contributed by atoms with Crippen LogP contribution in [-0.2, 0) is 20.7 Å². The number of rotatable bonds is 6. The van der Waals surface area contributed by atoms with E-state index < -0.39 is 70.4 Å². The van der Waals surface area contributed by atoms with Crippen LogP contribution < -0.4 is 9.47 Å². The molecule has 4 N–H and O–H groups in total. The van der Waals surface area contributed by atoms with Crippen LogP contribution >= 0.6 is 0 Å². The molecule has 0 bridgehead atoms. The number of ketones is 1. The number of carbonyl (C=O) groups excluding carboxylic acids is 2. The molecule has 0 saturated heterocycles. The quantitative estimate of drug-likeness (QED) is 0.312. The molecule has 0 amide bonds. The molecule has 5 rings (SSSR count). The standard InChI is InChI=1S/C30H38O9/c1-15-7-22-28(34,25(15)33)13-18(14-31)10-21-24-27(3,4)30(24,36)26(16(2)29(21,22)35)39-23(32)11-17-8-19(37-5)12-20(9-17)38-6/h7-10,12,16,21-22,24,26,31,34-36H,11,13-14H2,1-6H3/t16-,21+,22-,24-,26-,28-,29-,30-/m1/s1. The first-order valence-corrected chi connectivity index (χ1v) is 13.3. The van der Waals surface area contributed by atoms with E-state index in [4.69, 9.17) is 14.2 Å². The van der Waals surface area contributed by atoms with Crippen LogP contribution in [0.15, 0.2) is 41.5 Å². The molecule has 1 aromatic rings. The average Bonchev–Trinajstić information content (AvgIpc) is 3.29. The van der Waals surface area contributed by atoms with Crippen LogP contribution in [0.4, 0.5) is 0 Å². The topological polar surface area (TPSA) is 143 Å². The van der Waals surface area contributed by atoms with Gasteiger partial charge in [-0.15, -0.1) is 0 Å². The number of fused-ring (bicyclic) bond motifs is 5. The van der Waals surface area contributed by atoms with E-state index in [0.717, 1.165) is 0 Å². The maximum absolute atomic E-state index is 13.3. The Kier molecular flexibility index (Phi) is 6.35. The third-order valence-corrected chi connectivity index (χ3v) is 10.0. The van der Waals surface area contributed by atoms with Crippen LogP contribution in [0.5, 0.6) is 11.5 Å². The summed E-state index contributed by atoms with van der Waals surface area (Å²) in [5, 5.41) is 46.4. The molecule has 4 aliphatic carbocycles. The number of aliphatic hydroxyl groups excluding tert-OH is 1. The normalized spacial score (nSPS) is 39.8. The van der Waals surface area contributed by atoms with Crippen molar-refractivity contribution >= 4 is 11.8 Å². The molecule has 0 radical (unpaired) electrons. The molecule has 0 aliphatic heterocycles. The molecule has 8 atom stereocenters. The third-order valence-electron chi connectivity index (χ3n) is 10.0. The predicted molar refractivity (Wildman–Crippen MR) is 140 cm³/mol. The first-order valence-electron chi connectivity index (χ1n) is 13.3. The lowest BCUT2D eigenvalue weighted by Crippen LogP contribution is -2.65. The van der Waals surface area contributed by atoms with Crippen molar-refractivity contribution < 1.29 is 44.2 Å². The number of benzene rings is 1. The second-order valence-electron chi connectivity index (χ2n) is 12.3. The molecular weight excluding hydrogens is 504 g/mol. The Hall–Kier alpha value is -2.72. The molecule has 2 saturated carbocycles. The largest absolute Gasteiger partial charge is 0.497 e. The molecule has 9 nitrogen and oxygen atoms in total. The summed E-state index contributed by atoms with van der Waals surface area (Å²) in [6.07, 6.45) is 1.95. The number of ether oxygens (including phenoxy) is 3. The van der Waals surface area contributed by atoms with E-state index in [1.54, 1.807) is 44.2 Å². The maximum Gasteiger partial charge on any atom is 0.310 e. The third kappa shape index (κ3) is 3.66. The molecule has 0 unspecified atom stereocenters. The summed E-state index contributed by atoms with van der Waals surface area (Å²) in [5.74, 6) is -3.19. The Morgan fingerprint density at radius 1 is 1.05 bits per heavy atom. The summed E-state index contributed by atoms with van der Waals surface area (Å²) in [7, 11) is 3.02. The van der Waals surface area contributed by atoms with Gasteiger partial charge in [0.1, 0.15) is 28.8 Å². The molecule has 0 heterocycles. The van der Waals surface area contributed by atoms with Gasteiger partial charge in [-0.05, 0) is 35.8 Å². The van der Waals surface area contributed by atoms with E-state index in [-0.39, 0.29) is 12.8 Å². The van der Waals surface area contributed by atoms with Crippen molar-refractivity contribution in [2.75, 3.05) is 20.8 Å². The number of aliphatic hydroxyl groups is 4.